The molecule has 4 heteroatoms. The summed E-state index contributed by atoms with van der Waals surface area (Å²) in [6.07, 6.45) is 5.07. The summed E-state index contributed by atoms with van der Waals surface area (Å²) in [6, 6.07) is 35.6. The van der Waals surface area contributed by atoms with Gasteiger partial charge < -0.3 is 9.80 Å². The Morgan fingerprint density at radius 1 is 0.723 bits per heavy atom. The van der Waals surface area contributed by atoms with Crippen LogP contribution in [-0.2, 0) is 10.8 Å². The molecule has 0 bridgehead atoms. The molecule has 1 aliphatic carbocycles. The maximum atomic E-state index is 2.84. The van der Waals surface area contributed by atoms with Gasteiger partial charge in [0, 0.05) is 48.3 Å². The van der Waals surface area contributed by atoms with Gasteiger partial charge >= 0.3 is 0 Å². The number of fused-ring (bicyclic) bond motifs is 10. The summed E-state index contributed by atoms with van der Waals surface area (Å²) in [5.74, 6) is 0. The Morgan fingerprint density at radius 2 is 1.49 bits per heavy atom. The van der Waals surface area contributed by atoms with Gasteiger partial charge in [0.15, 0.2) is 0 Å². The van der Waals surface area contributed by atoms with Crippen molar-refractivity contribution in [2.45, 2.75) is 83.6 Å². The fraction of sp³-hybridized carbons (Fsp3) is 0.302. The maximum absolute atomic E-state index is 2.84. The van der Waals surface area contributed by atoms with Gasteiger partial charge in [-0.2, -0.15) is 0 Å². The van der Waals surface area contributed by atoms with Gasteiger partial charge in [-0.25, -0.2) is 0 Å². The zero-order valence-electron chi connectivity index (χ0n) is 28.4. The minimum Gasteiger partial charge on any atom is -0.335 e. The molecular weight excluding hydrogens is 587 g/mol. The number of hydrogen-bond acceptors (Lipinski definition) is 3. The first kappa shape index (κ1) is 28.0. The van der Waals surface area contributed by atoms with Gasteiger partial charge in [-0.1, -0.05) is 95.1 Å². The van der Waals surface area contributed by atoms with Crippen LogP contribution in [0, 0.1) is 6.92 Å². The third-order valence-electron chi connectivity index (χ3n) is 12.6. The normalized spacial score (nSPS) is 22.4. The first-order valence-electron chi connectivity index (χ1n) is 17.5. The van der Waals surface area contributed by atoms with Crippen LogP contribution in [0.15, 0.2) is 91.0 Å². The highest BCUT2D eigenvalue weighted by molar-refractivity contribution is 7.26. The lowest BCUT2D eigenvalue weighted by Gasteiger charge is -2.53. The van der Waals surface area contributed by atoms with E-state index in [1.165, 1.54) is 102 Å². The molecule has 1 fully saturated rings. The van der Waals surface area contributed by atoms with Gasteiger partial charge in [-0.05, 0) is 102 Å². The number of aryl methyl sites for hydroxylation is 1. The number of nitrogens with zero attached hydrogens (tertiary/aromatic N) is 2. The van der Waals surface area contributed by atoms with E-state index in [4.69, 9.17) is 0 Å². The van der Waals surface area contributed by atoms with Crippen molar-refractivity contribution in [2.75, 3.05) is 9.80 Å². The predicted octanol–water partition coefficient (Wildman–Crippen LogP) is 10.0. The Morgan fingerprint density at radius 3 is 2.34 bits per heavy atom. The van der Waals surface area contributed by atoms with Crippen LogP contribution in [0.2, 0.25) is 0 Å². The standard InChI is InChI=1S/C43H41BN2S/c1-26-23-34-39-35(24-26)46-40-29(42(5)21-9-10-22-43(42,46)6)14-11-15-30(40)44(39)31-25-27(41(2,3)4)19-20-32(31)45(34)33-16-12-18-37-38(33)28-13-7-8-17-36(28)47-37/h7-8,11-20,23-25H,9-10,21-22H2,1-6H3. The average Bonchev–Trinajstić information content (AvgIpc) is 3.53. The van der Waals surface area contributed by atoms with E-state index in [9.17, 15) is 0 Å². The quantitative estimate of drug-likeness (QED) is 0.167. The lowest BCUT2D eigenvalue weighted by atomic mass is 9.33. The van der Waals surface area contributed by atoms with E-state index >= 15 is 0 Å². The molecule has 6 aromatic rings. The van der Waals surface area contributed by atoms with Crippen molar-refractivity contribution in [3.05, 3.63) is 108 Å². The van der Waals surface area contributed by atoms with Crippen LogP contribution in [0.4, 0.5) is 28.4 Å². The molecule has 5 aromatic carbocycles. The highest BCUT2D eigenvalue weighted by Crippen LogP contribution is 2.61. The fourth-order valence-electron chi connectivity index (χ4n) is 10.1. The van der Waals surface area contributed by atoms with Crippen LogP contribution in [0.5, 0.6) is 0 Å². The molecule has 3 aliphatic heterocycles. The fourth-order valence-corrected chi connectivity index (χ4v) is 11.2. The number of benzene rings is 5. The second-order valence-electron chi connectivity index (χ2n) is 16.1. The molecule has 2 atom stereocenters. The lowest BCUT2D eigenvalue weighted by Crippen LogP contribution is -2.64. The maximum Gasteiger partial charge on any atom is 0.252 e. The van der Waals surface area contributed by atoms with Crippen molar-refractivity contribution in [3.8, 4) is 0 Å². The predicted molar refractivity (Wildman–Crippen MR) is 205 cm³/mol. The molecule has 0 amide bonds. The SMILES string of the molecule is Cc1cc2c3c(c1)N1c4c(cccc4C4(C)CCCCC14C)B3c1cc(C(C)(C)C)ccc1N2c1cccc2sc3ccccc3c12. The van der Waals surface area contributed by atoms with Crippen molar-refractivity contribution in [1.82, 2.24) is 0 Å². The van der Waals surface area contributed by atoms with Crippen molar-refractivity contribution < 1.29 is 0 Å². The second kappa shape index (κ2) is 9.11. The Bertz CT molecular complexity index is 2330. The number of rotatable bonds is 1. The first-order valence-corrected chi connectivity index (χ1v) is 18.3. The van der Waals surface area contributed by atoms with Gasteiger partial charge in [0.25, 0.3) is 6.71 Å². The summed E-state index contributed by atoms with van der Waals surface area (Å²) in [6.45, 7) is 14.7. The topological polar surface area (TPSA) is 6.48 Å². The molecule has 4 heterocycles. The molecule has 0 spiro atoms. The third-order valence-corrected chi connectivity index (χ3v) is 13.7. The van der Waals surface area contributed by atoms with Crippen molar-refractivity contribution >= 4 is 83.0 Å². The van der Waals surface area contributed by atoms with Crippen LogP contribution < -0.4 is 26.2 Å². The Hall–Kier alpha value is -4.02. The summed E-state index contributed by atoms with van der Waals surface area (Å²) < 4.78 is 2.70. The Kier molecular flexibility index (Phi) is 5.43. The van der Waals surface area contributed by atoms with E-state index < -0.39 is 0 Å². The Balaban J connectivity index is 1.35. The number of thiophene rings is 1. The van der Waals surface area contributed by atoms with Crippen molar-refractivity contribution in [2.24, 2.45) is 0 Å². The minimum atomic E-state index is 0.0398. The molecule has 10 rings (SSSR count). The van der Waals surface area contributed by atoms with E-state index in [1.807, 2.05) is 11.3 Å². The third kappa shape index (κ3) is 3.43. The largest absolute Gasteiger partial charge is 0.335 e. The monoisotopic (exact) mass is 628 g/mol. The lowest BCUT2D eigenvalue weighted by molar-refractivity contribution is 0.195. The van der Waals surface area contributed by atoms with Crippen molar-refractivity contribution in [3.63, 3.8) is 0 Å². The summed E-state index contributed by atoms with van der Waals surface area (Å²) in [5.41, 5.74) is 15.8. The van der Waals surface area contributed by atoms with Gasteiger partial charge in [0.1, 0.15) is 0 Å². The zero-order valence-corrected chi connectivity index (χ0v) is 29.2. The second-order valence-corrected chi connectivity index (χ2v) is 17.2. The average molecular weight is 629 g/mol. The molecule has 4 aliphatic rings. The molecule has 2 unspecified atom stereocenters. The number of hydrogen-bond donors (Lipinski definition) is 0. The van der Waals surface area contributed by atoms with E-state index in [2.05, 4.69) is 142 Å². The molecule has 47 heavy (non-hydrogen) atoms. The van der Waals surface area contributed by atoms with E-state index in [0.717, 1.165) is 0 Å². The van der Waals surface area contributed by atoms with Crippen molar-refractivity contribution in [1.29, 1.82) is 0 Å². The Labute approximate surface area is 283 Å². The van der Waals surface area contributed by atoms with Gasteiger partial charge in [0.05, 0.1) is 11.2 Å². The highest BCUT2D eigenvalue weighted by Gasteiger charge is 2.61. The summed E-state index contributed by atoms with van der Waals surface area (Å²) >= 11 is 1.91. The molecule has 0 N–H and O–H groups in total. The molecule has 232 valence electrons. The molecule has 0 saturated heterocycles. The van der Waals surface area contributed by atoms with E-state index in [1.54, 1.807) is 5.56 Å². The molecule has 2 nitrogen and oxygen atoms in total. The molecule has 0 radical (unpaired) electrons. The smallest absolute Gasteiger partial charge is 0.252 e. The number of anilines is 5. The molecular formula is C43H41BN2S. The van der Waals surface area contributed by atoms with Gasteiger partial charge in [-0.15, -0.1) is 11.3 Å². The van der Waals surface area contributed by atoms with Crippen LogP contribution in [0.3, 0.4) is 0 Å². The first-order chi connectivity index (χ1) is 22.6. The minimum absolute atomic E-state index is 0.0398. The highest BCUT2D eigenvalue weighted by atomic mass is 32.1. The molecule has 1 saturated carbocycles. The zero-order chi connectivity index (χ0) is 32.0. The van der Waals surface area contributed by atoms with Crippen LogP contribution in [-0.4, -0.2) is 12.3 Å². The van der Waals surface area contributed by atoms with Crippen LogP contribution in [0.1, 0.15) is 77.0 Å². The van der Waals surface area contributed by atoms with E-state index in [-0.39, 0.29) is 23.1 Å². The molecule has 1 aromatic heterocycles. The number of para-hydroxylation sites is 1. The van der Waals surface area contributed by atoms with Gasteiger partial charge in [0.2, 0.25) is 0 Å². The summed E-state index contributed by atoms with van der Waals surface area (Å²) in [5, 5.41) is 2.71. The van der Waals surface area contributed by atoms with Crippen LogP contribution >= 0.6 is 11.3 Å². The van der Waals surface area contributed by atoms with Crippen LogP contribution in [0.25, 0.3) is 20.2 Å². The van der Waals surface area contributed by atoms with Gasteiger partial charge in [-0.3, -0.25) is 0 Å². The summed E-state index contributed by atoms with van der Waals surface area (Å²) in [4.78, 5) is 5.48. The summed E-state index contributed by atoms with van der Waals surface area (Å²) in [7, 11) is 0. The van der Waals surface area contributed by atoms with E-state index in [0.29, 0.717) is 0 Å².